The minimum Gasteiger partial charge on any atom is -0.480 e. The average Bonchev–Trinajstić information content (AvgIpc) is 2.80. The van der Waals surface area contributed by atoms with Gasteiger partial charge in [-0.25, -0.2) is 9.59 Å². The molecule has 0 aromatic carbocycles. The molecule has 2 atom stereocenters. The van der Waals surface area contributed by atoms with E-state index in [4.69, 9.17) is 5.11 Å². The zero-order chi connectivity index (χ0) is 13.5. The lowest BCUT2D eigenvalue weighted by molar-refractivity contribution is -0.141. The number of rotatable bonds is 1. The molecular weight excluding hydrogens is 236 g/mol. The summed E-state index contributed by atoms with van der Waals surface area (Å²) in [6.45, 7) is 4.74. The van der Waals surface area contributed by atoms with Crippen molar-refractivity contribution in [2.45, 2.75) is 50.8 Å². The van der Waals surface area contributed by atoms with Gasteiger partial charge in [0.25, 0.3) is 0 Å². The fourth-order valence-electron chi connectivity index (χ4n) is 2.88. The van der Waals surface area contributed by atoms with Gasteiger partial charge in [-0.1, -0.05) is 0 Å². The van der Waals surface area contributed by atoms with E-state index in [1.165, 1.54) is 4.90 Å². The van der Waals surface area contributed by atoms with Crippen LogP contribution in [0, 0.1) is 0 Å². The van der Waals surface area contributed by atoms with E-state index in [1.54, 1.807) is 4.90 Å². The van der Waals surface area contributed by atoms with Crippen molar-refractivity contribution in [3.05, 3.63) is 0 Å². The van der Waals surface area contributed by atoms with Crippen LogP contribution in [0.4, 0.5) is 4.79 Å². The Labute approximate surface area is 106 Å². The number of carboxylic acid groups (broad SMARTS) is 1. The highest BCUT2D eigenvalue weighted by Crippen LogP contribution is 2.31. The van der Waals surface area contributed by atoms with Gasteiger partial charge >= 0.3 is 12.0 Å². The molecule has 0 aliphatic carbocycles. The molecule has 0 spiro atoms. The molecule has 2 saturated heterocycles. The van der Waals surface area contributed by atoms with Gasteiger partial charge in [-0.2, -0.15) is 0 Å². The van der Waals surface area contributed by atoms with E-state index in [1.807, 2.05) is 13.8 Å². The molecule has 2 rings (SSSR count). The Kier molecular flexibility index (Phi) is 3.23. The Hall–Kier alpha value is -1.30. The highest BCUT2D eigenvalue weighted by atomic mass is 16.4. The van der Waals surface area contributed by atoms with Crippen molar-refractivity contribution in [2.24, 2.45) is 0 Å². The van der Waals surface area contributed by atoms with Gasteiger partial charge in [-0.05, 0) is 26.7 Å². The second-order valence-corrected chi connectivity index (χ2v) is 5.75. The maximum absolute atomic E-state index is 12.4. The normalized spacial score (nSPS) is 30.8. The molecule has 0 unspecified atom stereocenters. The van der Waals surface area contributed by atoms with Crippen molar-refractivity contribution in [2.75, 3.05) is 13.1 Å². The molecule has 0 aromatic rings. The summed E-state index contributed by atoms with van der Waals surface area (Å²) in [5.41, 5.74) is -0.228. The number of carbonyl (C=O) groups is 2. The number of hydrogen-bond acceptors (Lipinski definition) is 3. The number of nitrogens with zero attached hydrogens (tertiary/aromatic N) is 2. The van der Waals surface area contributed by atoms with E-state index in [9.17, 15) is 14.7 Å². The van der Waals surface area contributed by atoms with Gasteiger partial charge in [0.15, 0.2) is 0 Å². The van der Waals surface area contributed by atoms with Crippen LogP contribution in [0.3, 0.4) is 0 Å². The molecule has 0 saturated carbocycles. The average molecular weight is 256 g/mol. The molecule has 102 valence electrons. The summed E-state index contributed by atoms with van der Waals surface area (Å²) in [4.78, 5) is 26.5. The number of carboxylic acids is 1. The van der Waals surface area contributed by atoms with E-state index < -0.39 is 18.1 Å². The molecule has 0 radical (unpaired) electrons. The third-order valence-electron chi connectivity index (χ3n) is 3.94. The quantitative estimate of drug-likeness (QED) is 0.716. The Morgan fingerprint density at radius 3 is 2.50 bits per heavy atom. The second-order valence-electron chi connectivity index (χ2n) is 5.75. The minimum atomic E-state index is -1.04. The number of aliphatic hydroxyl groups is 1. The van der Waals surface area contributed by atoms with Gasteiger partial charge in [0.1, 0.15) is 6.04 Å². The summed E-state index contributed by atoms with van der Waals surface area (Å²) < 4.78 is 0. The molecule has 2 aliphatic heterocycles. The highest BCUT2D eigenvalue weighted by Gasteiger charge is 2.44. The maximum atomic E-state index is 12.4. The molecule has 2 aliphatic rings. The van der Waals surface area contributed by atoms with Gasteiger partial charge < -0.3 is 20.0 Å². The van der Waals surface area contributed by atoms with Crippen molar-refractivity contribution in [3.63, 3.8) is 0 Å². The number of amides is 2. The summed E-state index contributed by atoms with van der Waals surface area (Å²) in [6.07, 6.45) is 1.25. The standard InChI is InChI=1S/C12H20N2O4/c1-12(2)4-3-5-14(12)11(18)13-7-8(15)6-9(13)10(16)17/h8-9,15H,3-7H2,1-2H3,(H,16,17)/t8-,9-/m1/s1. The molecule has 2 N–H and O–H groups in total. The van der Waals surface area contributed by atoms with Gasteiger partial charge in [-0.3, -0.25) is 0 Å². The fraction of sp³-hybridized carbons (Fsp3) is 0.833. The van der Waals surface area contributed by atoms with E-state index in [0.29, 0.717) is 6.54 Å². The van der Waals surface area contributed by atoms with Gasteiger partial charge in [0.05, 0.1) is 6.10 Å². The van der Waals surface area contributed by atoms with Gasteiger partial charge in [-0.15, -0.1) is 0 Å². The van der Waals surface area contributed by atoms with Crippen LogP contribution < -0.4 is 0 Å². The Morgan fingerprint density at radius 2 is 2.00 bits per heavy atom. The Balaban J connectivity index is 2.15. The highest BCUT2D eigenvalue weighted by molar-refractivity contribution is 5.84. The summed E-state index contributed by atoms with van der Waals surface area (Å²) in [5, 5.41) is 18.7. The first kappa shape index (κ1) is 13.1. The molecule has 0 aromatic heterocycles. The zero-order valence-electron chi connectivity index (χ0n) is 10.8. The Bertz CT molecular complexity index is 369. The first-order valence-corrected chi connectivity index (χ1v) is 6.32. The van der Waals surface area contributed by atoms with Crippen LogP contribution >= 0.6 is 0 Å². The molecule has 6 nitrogen and oxygen atoms in total. The van der Waals surface area contributed by atoms with E-state index in [-0.39, 0.29) is 24.5 Å². The lowest BCUT2D eigenvalue weighted by Gasteiger charge is -2.36. The van der Waals surface area contributed by atoms with E-state index >= 15 is 0 Å². The van der Waals surface area contributed by atoms with Crippen LogP contribution in [0.15, 0.2) is 0 Å². The minimum absolute atomic E-state index is 0.113. The predicted molar refractivity (Wildman–Crippen MR) is 64.2 cm³/mol. The molecule has 2 heterocycles. The van der Waals surface area contributed by atoms with Crippen LogP contribution in [0.2, 0.25) is 0 Å². The van der Waals surface area contributed by atoms with Crippen LogP contribution in [0.25, 0.3) is 0 Å². The first-order valence-electron chi connectivity index (χ1n) is 6.32. The number of carbonyl (C=O) groups excluding carboxylic acids is 1. The topological polar surface area (TPSA) is 81.1 Å². The van der Waals surface area contributed by atoms with Crippen molar-refractivity contribution in [1.29, 1.82) is 0 Å². The van der Waals surface area contributed by atoms with Crippen molar-refractivity contribution >= 4 is 12.0 Å². The number of β-amino-alcohol motifs (C(OH)–C–C–N with tert-alkyl or cyclic N) is 1. The summed E-state index contributed by atoms with van der Waals surface area (Å²) in [6, 6.07) is -1.16. The lowest BCUT2D eigenvalue weighted by atomic mass is 10.0. The monoisotopic (exact) mass is 256 g/mol. The Morgan fingerprint density at radius 1 is 1.33 bits per heavy atom. The molecule has 6 heteroatoms. The molecular formula is C12H20N2O4. The molecule has 0 bridgehead atoms. The van der Waals surface area contributed by atoms with Crippen LogP contribution in [-0.4, -0.2) is 62.8 Å². The predicted octanol–water partition coefficient (Wildman–Crippen LogP) is 0.501. The zero-order valence-corrected chi connectivity index (χ0v) is 10.8. The van der Waals surface area contributed by atoms with Crippen LogP contribution in [0.1, 0.15) is 33.1 Å². The lowest BCUT2D eigenvalue weighted by Crippen LogP contribution is -2.52. The van der Waals surface area contributed by atoms with Crippen LogP contribution in [0.5, 0.6) is 0 Å². The number of aliphatic carboxylic acids is 1. The van der Waals surface area contributed by atoms with Gasteiger partial charge in [0, 0.05) is 25.0 Å². The number of urea groups is 1. The maximum Gasteiger partial charge on any atom is 0.326 e. The SMILES string of the molecule is CC1(C)CCCN1C(=O)N1C[C@H](O)C[C@@H]1C(=O)O. The van der Waals surface area contributed by atoms with Crippen LogP contribution in [-0.2, 0) is 4.79 Å². The number of likely N-dealkylation sites (tertiary alicyclic amines) is 2. The smallest absolute Gasteiger partial charge is 0.326 e. The molecule has 2 fully saturated rings. The van der Waals surface area contributed by atoms with Crippen molar-refractivity contribution in [3.8, 4) is 0 Å². The van der Waals surface area contributed by atoms with Crippen molar-refractivity contribution in [1.82, 2.24) is 9.80 Å². The summed E-state index contributed by atoms with van der Waals surface area (Å²) in [5.74, 6) is -1.04. The fourth-order valence-corrected chi connectivity index (χ4v) is 2.88. The van der Waals surface area contributed by atoms with Gasteiger partial charge in [0.2, 0.25) is 0 Å². The third kappa shape index (κ3) is 2.16. The molecule has 2 amide bonds. The van der Waals surface area contributed by atoms with E-state index in [2.05, 4.69) is 0 Å². The molecule has 18 heavy (non-hydrogen) atoms. The summed E-state index contributed by atoms with van der Waals surface area (Å²) >= 11 is 0. The third-order valence-corrected chi connectivity index (χ3v) is 3.94. The second kappa shape index (κ2) is 4.42. The van der Waals surface area contributed by atoms with Crippen molar-refractivity contribution < 1.29 is 19.8 Å². The largest absolute Gasteiger partial charge is 0.480 e. The van der Waals surface area contributed by atoms with E-state index in [0.717, 1.165) is 12.8 Å². The summed E-state index contributed by atoms with van der Waals surface area (Å²) in [7, 11) is 0. The first-order chi connectivity index (χ1) is 8.33. The number of hydrogen-bond donors (Lipinski definition) is 2. The number of aliphatic hydroxyl groups excluding tert-OH is 1.